The Labute approximate surface area is 101 Å². The van der Waals surface area contributed by atoms with Crippen LogP contribution in [0.5, 0.6) is 0 Å². The Morgan fingerprint density at radius 2 is 2.20 bits per heavy atom. The van der Waals surface area contributed by atoms with Crippen LogP contribution in [0, 0.1) is 0 Å². The number of hydrogen-bond acceptors (Lipinski definition) is 2. The van der Waals surface area contributed by atoms with Gasteiger partial charge in [0.25, 0.3) is 6.43 Å². The summed E-state index contributed by atoms with van der Waals surface area (Å²) in [7, 11) is 0. The van der Waals surface area contributed by atoms with Crippen LogP contribution in [0.25, 0.3) is 0 Å². The highest BCUT2D eigenvalue weighted by molar-refractivity contribution is 9.10. The third kappa shape index (κ3) is 2.72. The third-order valence-electron chi connectivity index (χ3n) is 1.67. The molecule has 1 aromatic rings. The Bertz CT molecular complexity index is 398. The maximum atomic E-state index is 12.6. The first-order valence-corrected chi connectivity index (χ1v) is 5.65. The van der Waals surface area contributed by atoms with Gasteiger partial charge in [-0.05, 0) is 22.0 Å². The van der Waals surface area contributed by atoms with Crippen LogP contribution >= 0.6 is 31.9 Å². The zero-order chi connectivity index (χ0) is 11.6. The highest BCUT2D eigenvalue weighted by atomic mass is 79.9. The molecule has 3 nitrogen and oxygen atoms in total. The Morgan fingerprint density at radius 3 is 2.60 bits per heavy atom. The molecular formula is C8H5Br2F2NO2. The first-order chi connectivity index (χ1) is 6.97. The Balaban J connectivity index is 3.47. The molecule has 0 bridgehead atoms. The fraction of sp³-hybridized carbons (Fsp3) is 0.250. The molecule has 0 unspecified atom stereocenters. The quantitative estimate of drug-likeness (QED) is 0.675. The fourth-order valence-electron chi connectivity index (χ4n) is 1.10. The molecule has 0 saturated heterocycles. The number of hydrogen-bond donors (Lipinski definition) is 1. The SMILES string of the molecule is O=C(O)c1c(C(F)F)cc(Br)nc1CBr. The molecule has 82 valence electrons. The first-order valence-electron chi connectivity index (χ1n) is 3.74. The van der Waals surface area contributed by atoms with Crippen molar-refractivity contribution in [3.63, 3.8) is 0 Å². The van der Waals surface area contributed by atoms with E-state index in [0.717, 1.165) is 6.07 Å². The number of alkyl halides is 3. The number of carboxylic acid groups (broad SMARTS) is 1. The molecular weight excluding hydrogens is 340 g/mol. The van der Waals surface area contributed by atoms with Crippen molar-refractivity contribution in [3.8, 4) is 0 Å². The van der Waals surface area contributed by atoms with Crippen molar-refractivity contribution < 1.29 is 18.7 Å². The van der Waals surface area contributed by atoms with Gasteiger partial charge in [0.05, 0.1) is 11.3 Å². The molecule has 0 aromatic carbocycles. The van der Waals surface area contributed by atoms with Crippen molar-refractivity contribution in [1.82, 2.24) is 4.98 Å². The summed E-state index contributed by atoms with van der Waals surface area (Å²) in [6, 6.07) is 1.01. The number of halogens is 4. The molecule has 0 spiro atoms. The highest BCUT2D eigenvalue weighted by Gasteiger charge is 2.23. The van der Waals surface area contributed by atoms with E-state index in [4.69, 9.17) is 5.11 Å². The van der Waals surface area contributed by atoms with Crippen molar-refractivity contribution >= 4 is 37.8 Å². The zero-order valence-electron chi connectivity index (χ0n) is 7.18. The molecule has 7 heteroatoms. The van der Waals surface area contributed by atoms with Crippen molar-refractivity contribution in [2.24, 2.45) is 0 Å². The van der Waals surface area contributed by atoms with Gasteiger partial charge in [-0.25, -0.2) is 18.6 Å². The molecule has 0 saturated carbocycles. The van der Waals surface area contributed by atoms with Crippen LogP contribution in [0.1, 0.15) is 28.0 Å². The van der Waals surface area contributed by atoms with Crippen LogP contribution in [0.2, 0.25) is 0 Å². The van der Waals surface area contributed by atoms with E-state index in [0.29, 0.717) is 0 Å². The molecule has 0 aliphatic rings. The molecule has 0 atom stereocenters. The molecule has 0 radical (unpaired) electrons. The summed E-state index contributed by atoms with van der Waals surface area (Å²) < 4.78 is 25.3. The molecule has 1 N–H and O–H groups in total. The highest BCUT2D eigenvalue weighted by Crippen LogP contribution is 2.28. The van der Waals surface area contributed by atoms with Crippen molar-refractivity contribution in [2.75, 3.05) is 0 Å². The van der Waals surface area contributed by atoms with Crippen LogP contribution in [0.3, 0.4) is 0 Å². The number of aromatic nitrogens is 1. The van der Waals surface area contributed by atoms with Gasteiger partial charge in [-0.1, -0.05) is 15.9 Å². The van der Waals surface area contributed by atoms with E-state index in [9.17, 15) is 13.6 Å². The second kappa shape index (κ2) is 4.98. The smallest absolute Gasteiger partial charge is 0.338 e. The van der Waals surface area contributed by atoms with Gasteiger partial charge in [0.15, 0.2) is 0 Å². The summed E-state index contributed by atoms with van der Waals surface area (Å²) in [6.07, 6.45) is -2.84. The van der Waals surface area contributed by atoms with Crippen LogP contribution in [-0.2, 0) is 5.33 Å². The number of aromatic carboxylic acids is 1. The topological polar surface area (TPSA) is 50.2 Å². The number of pyridine rings is 1. The van der Waals surface area contributed by atoms with E-state index in [2.05, 4.69) is 36.8 Å². The molecule has 15 heavy (non-hydrogen) atoms. The van der Waals surface area contributed by atoms with E-state index < -0.39 is 23.5 Å². The molecule has 0 fully saturated rings. The molecule has 1 aromatic heterocycles. The van der Waals surface area contributed by atoms with Gasteiger partial charge >= 0.3 is 5.97 Å². The van der Waals surface area contributed by atoms with Crippen LogP contribution in [0.4, 0.5) is 8.78 Å². The lowest BCUT2D eigenvalue weighted by atomic mass is 10.1. The average Bonchev–Trinajstić information content (AvgIpc) is 2.15. The monoisotopic (exact) mass is 343 g/mol. The minimum absolute atomic E-state index is 0.0761. The van der Waals surface area contributed by atoms with Crippen LogP contribution in [-0.4, -0.2) is 16.1 Å². The van der Waals surface area contributed by atoms with E-state index in [1.807, 2.05) is 0 Å². The number of nitrogens with zero attached hydrogens (tertiary/aromatic N) is 1. The van der Waals surface area contributed by atoms with Crippen LogP contribution < -0.4 is 0 Å². The lowest BCUT2D eigenvalue weighted by Crippen LogP contribution is -2.09. The van der Waals surface area contributed by atoms with Gasteiger partial charge in [-0.2, -0.15) is 0 Å². The molecule has 0 aliphatic carbocycles. The third-order valence-corrected chi connectivity index (χ3v) is 2.61. The molecule has 0 aliphatic heterocycles. The summed E-state index contributed by atoms with van der Waals surface area (Å²) in [4.78, 5) is 14.6. The van der Waals surface area contributed by atoms with E-state index in [-0.39, 0.29) is 15.6 Å². The second-order valence-electron chi connectivity index (χ2n) is 2.60. The van der Waals surface area contributed by atoms with E-state index in [1.54, 1.807) is 0 Å². The molecule has 0 amide bonds. The van der Waals surface area contributed by atoms with E-state index in [1.165, 1.54) is 0 Å². The fourth-order valence-corrected chi connectivity index (χ4v) is 1.97. The van der Waals surface area contributed by atoms with Gasteiger partial charge < -0.3 is 5.11 Å². The predicted octanol–water partition coefficient (Wildman–Crippen LogP) is 3.37. The molecule has 1 heterocycles. The lowest BCUT2D eigenvalue weighted by Gasteiger charge is -2.09. The maximum Gasteiger partial charge on any atom is 0.338 e. The largest absolute Gasteiger partial charge is 0.478 e. The van der Waals surface area contributed by atoms with Crippen molar-refractivity contribution in [1.29, 1.82) is 0 Å². The maximum absolute atomic E-state index is 12.6. The minimum Gasteiger partial charge on any atom is -0.478 e. The summed E-state index contributed by atoms with van der Waals surface area (Å²) >= 11 is 5.95. The summed E-state index contributed by atoms with van der Waals surface area (Å²) in [5.74, 6) is -1.40. The number of carbonyl (C=O) groups is 1. The Morgan fingerprint density at radius 1 is 1.60 bits per heavy atom. The van der Waals surface area contributed by atoms with Gasteiger partial charge in [-0.15, -0.1) is 0 Å². The predicted molar refractivity (Wildman–Crippen MR) is 56.5 cm³/mol. The van der Waals surface area contributed by atoms with Crippen molar-refractivity contribution in [3.05, 3.63) is 27.5 Å². The normalized spacial score (nSPS) is 10.7. The van der Waals surface area contributed by atoms with Crippen molar-refractivity contribution in [2.45, 2.75) is 11.8 Å². The Hall–Kier alpha value is -0.560. The van der Waals surface area contributed by atoms with Gasteiger partial charge in [0.2, 0.25) is 0 Å². The van der Waals surface area contributed by atoms with Crippen LogP contribution in [0.15, 0.2) is 10.7 Å². The number of carboxylic acids is 1. The minimum atomic E-state index is -2.84. The second-order valence-corrected chi connectivity index (χ2v) is 3.97. The standard InChI is InChI=1S/C8H5Br2F2NO2/c9-2-4-6(8(14)15)3(7(11)12)1-5(10)13-4/h1,7H,2H2,(H,14,15). The summed E-state index contributed by atoms with van der Waals surface area (Å²) in [6.45, 7) is 0. The number of rotatable bonds is 3. The summed E-state index contributed by atoms with van der Waals surface area (Å²) in [5, 5.41) is 8.91. The van der Waals surface area contributed by atoms with Gasteiger partial charge in [0, 0.05) is 10.9 Å². The van der Waals surface area contributed by atoms with Gasteiger partial charge in [0.1, 0.15) is 4.60 Å². The van der Waals surface area contributed by atoms with Gasteiger partial charge in [-0.3, -0.25) is 0 Å². The Kier molecular flexibility index (Phi) is 4.15. The van der Waals surface area contributed by atoms with E-state index >= 15 is 0 Å². The zero-order valence-corrected chi connectivity index (χ0v) is 10.3. The lowest BCUT2D eigenvalue weighted by molar-refractivity contribution is 0.0683. The molecule has 1 rings (SSSR count). The summed E-state index contributed by atoms with van der Waals surface area (Å²) in [5.41, 5.74) is -0.893. The average molecular weight is 345 g/mol. The first kappa shape index (κ1) is 12.5.